The average Bonchev–Trinajstić information content (AvgIpc) is 3.04. The fourth-order valence-corrected chi connectivity index (χ4v) is 5.09. The number of nitrogens with zero attached hydrogens (tertiary/aromatic N) is 6. The lowest BCUT2D eigenvalue weighted by molar-refractivity contribution is -0.147. The predicted octanol–water partition coefficient (Wildman–Crippen LogP) is 1.62. The Hall–Kier alpha value is -2.85. The second-order valence-electron chi connectivity index (χ2n) is 7.79. The SMILES string of the molecule is CC(=O)OC(CN1CCN(c2ncccn2)CC1)Cn1sc2nc(C)cc(C)c2c1=O. The van der Waals surface area contributed by atoms with Gasteiger partial charge in [-0.3, -0.25) is 18.4 Å². The summed E-state index contributed by atoms with van der Waals surface area (Å²) < 4.78 is 7.24. The third kappa shape index (κ3) is 4.91. The Bertz CT molecular complexity index is 1120. The van der Waals surface area contributed by atoms with E-state index in [0.29, 0.717) is 18.5 Å². The van der Waals surface area contributed by atoms with Crippen LogP contribution < -0.4 is 10.5 Å². The summed E-state index contributed by atoms with van der Waals surface area (Å²) in [6, 6.07) is 3.72. The molecule has 0 aromatic carbocycles. The Kier molecular flexibility index (Phi) is 6.28. The van der Waals surface area contributed by atoms with Gasteiger partial charge in [-0.2, -0.15) is 0 Å². The highest BCUT2D eigenvalue weighted by atomic mass is 32.1. The summed E-state index contributed by atoms with van der Waals surface area (Å²) in [5, 5.41) is 0.647. The number of ether oxygens (including phenoxy) is 1. The van der Waals surface area contributed by atoms with E-state index in [0.717, 1.165) is 48.2 Å². The molecule has 0 bridgehead atoms. The standard InChI is InChI=1S/C21H26N6O3S/c1-14-11-15(2)24-19-18(14)20(29)27(31-19)13-17(30-16(3)28)12-25-7-9-26(10-8-25)21-22-5-4-6-23-21/h4-6,11,17H,7-10,12-13H2,1-3H3. The van der Waals surface area contributed by atoms with Gasteiger partial charge < -0.3 is 9.64 Å². The Morgan fingerprint density at radius 3 is 2.55 bits per heavy atom. The Morgan fingerprint density at radius 2 is 1.87 bits per heavy atom. The topological polar surface area (TPSA) is 93.4 Å². The number of carbonyl (C=O) groups excluding carboxylic acids is 1. The van der Waals surface area contributed by atoms with Crippen LogP contribution in [-0.4, -0.2) is 68.6 Å². The van der Waals surface area contributed by atoms with Crippen molar-refractivity contribution in [3.8, 4) is 0 Å². The van der Waals surface area contributed by atoms with Crippen molar-refractivity contribution >= 4 is 33.7 Å². The molecule has 3 aromatic heterocycles. The van der Waals surface area contributed by atoms with Crippen LogP contribution in [-0.2, 0) is 16.1 Å². The van der Waals surface area contributed by atoms with Crippen molar-refractivity contribution in [2.24, 2.45) is 0 Å². The molecule has 31 heavy (non-hydrogen) atoms. The summed E-state index contributed by atoms with van der Waals surface area (Å²) in [6.07, 6.45) is 3.07. The number of esters is 1. The normalized spacial score (nSPS) is 15.9. The minimum Gasteiger partial charge on any atom is -0.459 e. The zero-order valence-electron chi connectivity index (χ0n) is 17.9. The predicted molar refractivity (Wildman–Crippen MR) is 120 cm³/mol. The van der Waals surface area contributed by atoms with Crippen LogP contribution >= 0.6 is 11.5 Å². The summed E-state index contributed by atoms with van der Waals surface area (Å²) in [5.41, 5.74) is 1.73. The third-order valence-corrected chi connectivity index (χ3v) is 6.32. The molecule has 1 atom stereocenters. The van der Waals surface area contributed by atoms with Crippen LogP contribution in [0.2, 0.25) is 0 Å². The highest BCUT2D eigenvalue weighted by Crippen LogP contribution is 2.20. The molecular weight excluding hydrogens is 416 g/mol. The summed E-state index contributed by atoms with van der Waals surface area (Å²) in [5.74, 6) is 0.384. The smallest absolute Gasteiger partial charge is 0.303 e. The van der Waals surface area contributed by atoms with Crippen molar-refractivity contribution in [3.63, 3.8) is 0 Å². The highest BCUT2D eigenvalue weighted by molar-refractivity contribution is 7.13. The van der Waals surface area contributed by atoms with Gasteiger partial charge in [0.05, 0.1) is 11.9 Å². The third-order valence-electron chi connectivity index (χ3n) is 5.32. The van der Waals surface area contributed by atoms with Crippen molar-refractivity contribution in [3.05, 3.63) is 46.1 Å². The molecule has 3 aromatic rings. The minimum absolute atomic E-state index is 0.0757. The van der Waals surface area contributed by atoms with Crippen molar-refractivity contribution in [1.82, 2.24) is 23.8 Å². The largest absolute Gasteiger partial charge is 0.459 e. The number of aryl methyl sites for hydroxylation is 2. The van der Waals surface area contributed by atoms with Crippen LogP contribution in [0.25, 0.3) is 10.2 Å². The van der Waals surface area contributed by atoms with Gasteiger partial charge in [-0.1, -0.05) is 0 Å². The molecule has 9 nitrogen and oxygen atoms in total. The van der Waals surface area contributed by atoms with Crippen molar-refractivity contribution in [2.45, 2.75) is 33.4 Å². The molecule has 164 valence electrons. The van der Waals surface area contributed by atoms with Gasteiger partial charge in [0, 0.05) is 57.7 Å². The molecule has 0 aliphatic carbocycles. The van der Waals surface area contributed by atoms with Crippen LogP contribution in [0.3, 0.4) is 0 Å². The minimum atomic E-state index is -0.413. The molecule has 10 heteroatoms. The first-order valence-corrected chi connectivity index (χ1v) is 11.1. The molecule has 0 radical (unpaired) electrons. The maximum Gasteiger partial charge on any atom is 0.303 e. The summed E-state index contributed by atoms with van der Waals surface area (Å²) >= 11 is 1.33. The monoisotopic (exact) mass is 442 g/mol. The van der Waals surface area contributed by atoms with Crippen LogP contribution in [0.15, 0.2) is 29.3 Å². The number of aromatic nitrogens is 4. The first-order valence-electron chi connectivity index (χ1n) is 10.3. The van der Waals surface area contributed by atoms with Crippen molar-refractivity contribution in [1.29, 1.82) is 0 Å². The van der Waals surface area contributed by atoms with Gasteiger partial charge in [-0.25, -0.2) is 15.0 Å². The van der Waals surface area contributed by atoms with Crippen LogP contribution in [0.5, 0.6) is 0 Å². The van der Waals surface area contributed by atoms with E-state index < -0.39 is 6.10 Å². The van der Waals surface area contributed by atoms with Crippen LogP contribution in [0.4, 0.5) is 5.95 Å². The molecule has 4 rings (SSSR count). The van der Waals surface area contributed by atoms with Gasteiger partial charge in [0.15, 0.2) is 0 Å². The molecule has 0 N–H and O–H groups in total. The van der Waals surface area contributed by atoms with Gasteiger partial charge >= 0.3 is 5.97 Å². The molecule has 1 unspecified atom stereocenters. The van der Waals surface area contributed by atoms with Crippen molar-refractivity contribution in [2.75, 3.05) is 37.6 Å². The van der Waals surface area contributed by atoms with E-state index >= 15 is 0 Å². The first-order chi connectivity index (χ1) is 14.9. The Morgan fingerprint density at radius 1 is 1.16 bits per heavy atom. The second kappa shape index (κ2) is 9.11. The van der Waals surface area contributed by atoms with E-state index in [1.807, 2.05) is 19.9 Å². The highest BCUT2D eigenvalue weighted by Gasteiger charge is 2.24. The van der Waals surface area contributed by atoms with Gasteiger partial charge in [0.2, 0.25) is 5.95 Å². The molecular formula is C21H26N6O3S. The zero-order valence-corrected chi connectivity index (χ0v) is 18.8. The summed E-state index contributed by atoms with van der Waals surface area (Å²) in [6.45, 7) is 9.33. The van der Waals surface area contributed by atoms with Gasteiger partial charge in [0.1, 0.15) is 10.9 Å². The average molecular weight is 443 g/mol. The molecule has 1 aliphatic heterocycles. The molecule has 0 saturated carbocycles. The van der Waals surface area contributed by atoms with Gasteiger partial charge in [0.25, 0.3) is 5.56 Å². The number of fused-ring (bicyclic) bond motifs is 1. The lowest BCUT2D eigenvalue weighted by Crippen LogP contribution is -2.50. The number of piperazine rings is 1. The van der Waals surface area contributed by atoms with E-state index in [1.165, 1.54) is 18.5 Å². The van der Waals surface area contributed by atoms with E-state index in [4.69, 9.17) is 4.74 Å². The van der Waals surface area contributed by atoms with E-state index in [2.05, 4.69) is 24.8 Å². The van der Waals surface area contributed by atoms with Gasteiger partial charge in [-0.05, 0) is 43.1 Å². The van der Waals surface area contributed by atoms with E-state index in [9.17, 15) is 9.59 Å². The maximum absolute atomic E-state index is 12.9. The second-order valence-corrected chi connectivity index (χ2v) is 8.80. The summed E-state index contributed by atoms with van der Waals surface area (Å²) in [4.78, 5) is 42.9. The van der Waals surface area contributed by atoms with Crippen LogP contribution in [0.1, 0.15) is 18.2 Å². The fraction of sp³-hybridized carbons (Fsp3) is 0.476. The Balaban J connectivity index is 1.46. The number of hydrogen-bond acceptors (Lipinski definition) is 9. The van der Waals surface area contributed by atoms with Crippen LogP contribution in [0, 0.1) is 13.8 Å². The van der Waals surface area contributed by atoms with Gasteiger partial charge in [-0.15, -0.1) is 0 Å². The van der Waals surface area contributed by atoms with E-state index in [1.54, 1.807) is 22.4 Å². The number of carbonyl (C=O) groups is 1. The number of rotatable bonds is 6. The zero-order chi connectivity index (χ0) is 22.0. The maximum atomic E-state index is 12.9. The molecule has 0 amide bonds. The molecule has 4 heterocycles. The van der Waals surface area contributed by atoms with Crippen molar-refractivity contribution < 1.29 is 9.53 Å². The molecule has 1 saturated heterocycles. The first kappa shape index (κ1) is 21.4. The quantitative estimate of drug-likeness (QED) is 0.532. The molecule has 0 spiro atoms. The Labute approximate surface area is 184 Å². The lowest BCUT2D eigenvalue weighted by atomic mass is 10.2. The number of pyridine rings is 1. The lowest BCUT2D eigenvalue weighted by Gasteiger charge is -2.36. The molecule has 1 aliphatic rings. The fourth-order valence-electron chi connectivity index (χ4n) is 3.94. The summed E-state index contributed by atoms with van der Waals surface area (Å²) in [7, 11) is 0. The molecule has 1 fully saturated rings. The number of hydrogen-bond donors (Lipinski definition) is 0. The van der Waals surface area contributed by atoms with E-state index in [-0.39, 0.29) is 11.5 Å². The number of anilines is 1.